The third kappa shape index (κ3) is 1.88. The van der Waals surface area contributed by atoms with Gasteiger partial charge in [-0.2, -0.15) is 13.2 Å². The molecular weight excluding hydrogens is 237 g/mol. The maximum absolute atomic E-state index is 12.0. The number of nitrogens with zero attached hydrogens (tertiary/aromatic N) is 1. The molecule has 0 aliphatic rings. The van der Waals surface area contributed by atoms with E-state index in [0.717, 1.165) is 6.07 Å². The second kappa shape index (κ2) is 2.93. The van der Waals surface area contributed by atoms with Crippen LogP contribution in [-0.2, 0) is 6.18 Å². The molecule has 0 bridgehead atoms. The van der Waals surface area contributed by atoms with Crippen molar-refractivity contribution in [3.05, 3.63) is 22.4 Å². The first-order valence-corrected chi connectivity index (χ1v) is 3.69. The summed E-state index contributed by atoms with van der Waals surface area (Å²) in [6.07, 6.45) is -3.74. The highest BCUT2D eigenvalue weighted by Crippen LogP contribution is 2.33. The highest BCUT2D eigenvalue weighted by atomic mass is 79.9. The molecule has 0 amide bonds. The van der Waals surface area contributed by atoms with Gasteiger partial charge in [0.15, 0.2) is 0 Å². The van der Waals surface area contributed by atoms with Gasteiger partial charge in [-0.1, -0.05) is 0 Å². The topological polar surface area (TPSA) is 38.9 Å². The summed E-state index contributed by atoms with van der Waals surface area (Å²) in [6, 6.07) is 1.11. The van der Waals surface area contributed by atoms with Gasteiger partial charge in [0.2, 0.25) is 0 Å². The van der Waals surface area contributed by atoms with Gasteiger partial charge >= 0.3 is 6.18 Å². The largest absolute Gasteiger partial charge is 0.419 e. The Balaban J connectivity index is 3.19. The minimum absolute atomic E-state index is 0.285. The van der Waals surface area contributed by atoms with Crippen LogP contribution in [0.5, 0.6) is 0 Å². The van der Waals surface area contributed by atoms with E-state index >= 15 is 0 Å². The van der Waals surface area contributed by atoms with Gasteiger partial charge in [0.25, 0.3) is 0 Å². The quantitative estimate of drug-likeness (QED) is 0.708. The van der Waals surface area contributed by atoms with Crippen molar-refractivity contribution in [2.75, 3.05) is 5.73 Å². The van der Waals surface area contributed by atoms with E-state index in [0.29, 0.717) is 6.20 Å². The number of hydrogen-bond donors (Lipinski definition) is 1. The first kappa shape index (κ1) is 9.31. The van der Waals surface area contributed by atoms with Crippen molar-refractivity contribution in [1.29, 1.82) is 0 Å². The molecule has 0 saturated carbocycles. The van der Waals surface area contributed by atoms with Crippen molar-refractivity contribution in [2.45, 2.75) is 6.18 Å². The Bertz CT molecular complexity index is 297. The monoisotopic (exact) mass is 240 g/mol. The third-order valence-electron chi connectivity index (χ3n) is 1.21. The molecule has 1 aromatic rings. The van der Waals surface area contributed by atoms with Crippen molar-refractivity contribution in [1.82, 2.24) is 4.98 Å². The molecule has 0 aliphatic heterocycles. The van der Waals surface area contributed by atoms with E-state index in [1.54, 1.807) is 0 Å². The van der Waals surface area contributed by atoms with E-state index in [1.807, 2.05) is 0 Å². The molecule has 1 aromatic heterocycles. The predicted octanol–water partition coefficient (Wildman–Crippen LogP) is 2.45. The highest BCUT2D eigenvalue weighted by molar-refractivity contribution is 9.10. The summed E-state index contributed by atoms with van der Waals surface area (Å²) >= 11 is 2.90. The van der Waals surface area contributed by atoms with Gasteiger partial charge in [-0.3, -0.25) is 0 Å². The van der Waals surface area contributed by atoms with Crippen LogP contribution in [0.15, 0.2) is 16.9 Å². The highest BCUT2D eigenvalue weighted by Gasteiger charge is 2.33. The zero-order valence-electron chi connectivity index (χ0n) is 5.69. The lowest BCUT2D eigenvalue weighted by Gasteiger charge is -2.08. The SMILES string of the molecule is Nc1cc(Br)ncc1C(F)(F)F. The molecule has 1 rings (SSSR count). The average Bonchev–Trinajstić information content (AvgIpc) is 1.83. The summed E-state index contributed by atoms with van der Waals surface area (Å²) in [5.41, 5.74) is 3.88. The first-order valence-electron chi connectivity index (χ1n) is 2.89. The number of nitrogens with two attached hydrogens (primary N) is 1. The smallest absolute Gasteiger partial charge is 0.398 e. The summed E-state index contributed by atoms with van der Waals surface area (Å²) < 4.78 is 36.4. The van der Waals surface area contributed by atoms with Crippen LogP contribution in [0.4, 0.5) is 18.9 Å². The Morgan fingerprint density at radius 2 is 2.00 bits per heavy atom. The summed E-state index contributed by atoms with van der Waals surface area (Å²) in [7, 11) is 0. The second-order valence-corrected chi connectivity index (χ2v) is 2.90. The summed E-state index contributed by atoms with van der Waals surface area (Å²) in [5.74, 6) is 0. The van der Waals surface area contributed by atoms with Gasteiger partial charge in [0.1, 0.15) is 4.60 Å². The number of nitrogen functional groups attached to an aromatic ring is 1. The number of rotatable bonds is 0. The fourth-order valence-electron chi connectivity index (χ4n) is 0.681. The van der Waals surface area contributed by atoms with Crippen LogP contribution in [0.2, 0.25) is 0 Å². The minimum atomic E-state index is -4.43. The minimum Gasteiger partial charge on any atom is -0.398 e. The molecule has 2 N–H and O–H groups in total. The molecule has 0 spiro atoms. The summed E-state index contributed by atoms with van der Waals surface area (Å²) in [5, 5.41) is 0. The summed E-state index contributed by atoms with van der Waals surface area (Å²) in [4.78, 5) is 3.42. The maximum atomic E-state index is 12.0. The van der Waals surface area contributed by atoms with Gasteiger partial charge in [-0.25, -0.2) is 4.98 Å². The van der Waals surface area contributed by atoms with Crippen molar-refractivity contribution in [3.8, 4) is 0 Å². The molecule has 12 heavy (non-hydrogen) atoms. The van der Waals surface area contributed by atoms with Crippen molar-refractivity contribution >= 4 is 21.6 Å². The fraction of sp³-hybridized carbons (Fsp3) is 0.167. The Hall–Kier alpha value is -0.780. The van der Waals surface area contributed by atoms with E-state index in [1.165, 1.54) is 0 Å². The van der Waals surface area contributed by atoms with Gasteiger partial charge in [0, 0.05) is 11.9 Å². The number of hydrogen-bond acceptors (Lipinski definition) is 2. The molecule has 2 nitrogen and oxygen atoms in total. The van der Waals surface area contributed by atoms with Gasteiger partial charge in [0.05, 0.1) is 5.56 Å². The second-order valence-electron chi connectivity index (χ2n) is 2.09. The van der Waals surface area contributed by atoms with Crippen LogP contribution in [0, 0.1) is 0 Å². The van der Waals surface area contributed by atoms with Crippen LogP contribution in [0.25, 0.3) is 0 Å². The number of aromatic nitrogens is 1. The lowest BCUT2D eigenvalue weighted by Crippen LogP contribution is -2.09. The van der Waals surface area contributed by atoms with Crippen LogP contribution < -0.4 is 5.73 Å². The van der Waals surface area contributed by atoms with Crippen LogP contribution in [-0.4, -0.2) is 4.98 Å². The zero-order valence-corrected chi connectivity index (χ0v) is 7.28. The third-order valence-corrected chi connectivity index (χ3v) is 1.64. The van der Waals surface area contributed by atoms with E-state index in [-0.39, 0.29) is 10.3 Å². The maximum Gasteiger partial charge on any atom is 0.419 e. The Morgan fingerprint density at radius 1 is 1.42 bits per heavy atom. The van der Waals surface area contributed by atoms with Crippen molar-refractivity contribution in [2.24, 2.45) is 0 Å². The normalized spacial score (nSPS) is 11.7. The standard InChI is InChI=1S/C6H4BrF3N2/c7-5-1-4(11)3(2-12-5)6(8,9)10/h1-2H,(H2,11,12). The lowest BCUT2D eigenvalue weighted by atomic mass is 10.2. The van der Waals surface area contributed by atoms with Crippen LogP contribution in [0.3, 0.4) is 0 Å². The Morgan fingerprint density at radius 3 is 2.42 bits per heavy atom. The van der Waals surface area contributed by atoms with Crippen molar-refractivity contribution < 1.29 is 13.2 Å². The molecule has 0 aromatic carbocycles. The van der Waals surface area contributed by atoms with Gasteiger partial charge in [-0.15, -0.1) is 0 Å². The molecule has 0 unspecified atom stereocenters. The van der Waals surface area contributed by atoms with Gasteiger partial charge in [-0.05, 0) is 22.0 Å². The first-order chi connectivity index (χ1) is 5.41. The fourth-order valence-corrected chi connectivity index (χ4v) is 1.03. The van der Waals surface area contributed by atoms with Crippen molar-refractivity contribution in [3.63, 3.8) is 0 Å². The number of anilines is 1. The molecule has 0 fully saturated rings. The zero-order chi connectivity index (χ0) is 9.35. The Labute approximate surface area is 74.7 Å². The Kier molecular flexibility index (Phi) is 2.27. The molecule has 0 atom stereocenters. The van der Waals surface area contributed by atoms with Crippen LogP contribution in [0.1, 0.15) is 5.56 Å². The lowest BCUT2D eigenvalue weighted by molar-refractivity contribution is -0.137. The molecular formula is C6H4BrF3N2. The molecule has 1 heterocycles. The van der Waals surface area contributed by atoms with E-state index in [9.17, 15) is 13.2 Å². The van der Waals surface area contributed by atoms with E-state index < -0.39 is 11.7 Å². The molecule has 0 radical (unpaired) electrons. The number of pyridine rings is 1. The molecule has 0 aliphatic carbocycles. The van der Waals surface area contributed by atoms with E-state index in [2.05, 4.69) is 20.9 Å². The summed E-state index contributed by atoms with van der Waals surface area (Å²) in [6.45, 7) is 0. The number of alkyl halides is 3. The molecule has 66 valence electrons. The molecule has 0 saturated heterocycles. The average molecular weight is 241 g/mol. The van der Waals surface area contributed by atoms with Gasteiger partial charge < -0.3 is 5.73 Å². The number of halogens is 4. The van der Waals surface area contributed by atoms with Crippen LogP contribution >= 0.6 is 15.9 Å². The predicted molar refractivity (Wildman–Crippen MR) is 41.4 cm³/mol. The van der Waals surface area contributed by atoms with E-state index in [4.69, 9.17) is 5.73 Å². The molecule has 6 heteroatoms.